The van der Waals surface area contributed by atoms with Gasteiger partial charge in [0.2, 0.25) is 0 Å². The molecule has 0 radical (unpaired) electrons. The van der Waals surface area contributed by atoms with Crippen LogP contribution >= 0.6 is 0 Å². The van der Waals surface area contributed by atoms with Crippen molar-refractivity contribution < 1.29 is 0 Å². The number of aryl methyl sites for hydroxylation is 2. The van der Waals surface area contributed by atoms with E-state index in [-0.39, 0.29) is 5.56 Å². The molecule has 2 aromatic rings. The molecule has 0 amide bonds. The van der Waals surface area contributed by atoms with Crippen LogP contribution in [0.3, 0.4) is 0 Å². The lowest BCUT2D eigenvalue weighted by atomic mass is 10.0. The first-order chi connectivity index (χ1) is 11.1. The lowest BCUT2D eigenvalue weighted by molar-refractivity contribution is 0.241. The van der Waals surface area contributed by atoms with Crippen molar-refractivity contribution in [3.63, 3.8) is 0 Å². The minimum atomic E-state index is 0.0455. The first-order valence-corrected chi connectivity index (χ1v) is 8.47. The van der Waals surface area contributed by atoms with Gasteiger partial charge >= 0.3 is 0 Å². The van der Waals surface area contributed by atoms with Crippen molar-refractivity contribution in [2.75, 3.05) is 6.54 Å². The van der Waals surface area contributed by atoms with Gasteiger partial charge in [0.15, 0.2) is 0 Å². The number of rotatable bonds is 4. The molecule has 1 aromatic carbocycles. The Balaban J connectivity index is 1.80. The van der Waals surface area contributed by atoms with Crippen LogP contribution in [0.1, 0.15) is 47.1 Å². The second-order valence-corrected chi connectivity index (χ2v) is 6.51. The molecule has 1 aromatic heterocycles. The van der Waals surface area contributed by atoms with Gasteiger partial charge in [-0.15, -0.1) is 0 Å². The first kappa shape index (κ1) is 15.9. The zero-order valence-electron chi connectivity index (χ0n) is 14.3. The maximum Gasteiger partial charge on any atom is 0.255 e. The molecule has 0 spiro atoms. The molecule has 0 saturated carbocycles. The molecular weight excluding hydrogens is 286 g/mol. The van der Waals surface area contributed by atoms with E-state index in [1.165, 1.54) is 16.7 Å². The van der Waals surface area contributed by atoms with Gasteiger partial charge in [-0.3, -0.25) is 9.69 Å². The predicted molar refractivity (Wildman–Crippen MR) is 92.6 cm³/mol. The van der Waals surface area contributed by atoms with Gasteiger partial charge in [-0.05, 0) is 37.0 Å². The van der Waals surface area contributed by atoms with Gasteiger partial charge in [0.1, 0.15) is 5.82 Å². The maximum absolute atomic E-state index is 12.4. The van der Waals surface area contributed by atoms with Crippen LogP contribution in [-0.2, 0) is 25.9 Å². The Labute approximate surface area is 137 Å². The fraction of sp³-hybridized carbons (Fsp3) is 0.474. The van der Waals surface area contributed by atoms with Crippen molar-refractivity contribution in [1.29, 1.82) is 0 Å². The minimum Gasteiger partial charge on any atom is -0.310 e. The fourth-order valence-electron chi connectivity index (χ4n) is 3.25. The highest BCUT2D eigenvalue weighted by Gasteiger charge is 2.21. The summed E-state index contributed by atoms with van der Waals surface area (Å²) >= 11 is 0. The van der Waals surface area contributed by atoms with Crippen molar-refractivity contribution in [2.24, 2.45) is 0 Å². The monoisotopic (exact) mass is 311 g/mol. The quantitative estimate of drug-likeness (QED) is 0.944. The van der Waals surface area contributed by atoms with Gasteiger partial charge < -0.3 is 4.98 Å². The van der Waals surface area contributed by atoms with E-state index < -0.39 is 0 Å². The second kappa shape index (κ2) is 6.67. The third-order valence-electron chi connectivity index (χ3n) is 4.79. The van der Waals surface area contributed by atoms with Crippen LogP contribution in [0.15, 0.2) is 23.0 Å². The van der Waals surface area contributed by atoms with Crippen LogP contribution in [0.2, 0.25) is 0 Å². The molecular formula is C19H25N3O. The summed E-state index contributed by atoms with van der Waals surface area (Å²) in [6, 6.07) is 6.44. The van der Waals surface area contributed by atoms with Crippen molar-refractivity contribution in [3.05, 3.63) is 62.3 Å². The van der Waals surface area contributed by atoms with Gasteiger partial charge in [-0.1, -0.05) is 25.1 Å². The molecule has 4 heteroatoms. The average Bonchev–Trinajstić information content (AvgIpc) is 2.53. The maximum atomic E-state index is 12.4. The Morgan fingerprint density at radius 1 is 1.30 bits per heavy atom. The van der Waals surface area contributed by atoms with Crippen LogP contribution in [0.25, 0.3) is 0 Å². The van der Waals surface area contributed by atoms with E-state index in [2.05, 4.69) is 53.8 Å². The first-order valence-electron chi connectivity index (χ1n) is 8.47. The fourth-order valence-corrected chi connectivity index (χ4v) is 3.25. The summed E-state index contributed by atoms with van der Waals surface area (Å²) in [5.41, 5.74) is 5.91. The number of H-pyrrole nitrogens is 1. The van der Waals surface area contributed by atoms with Crippen LogP contribution in [0.5, 0.6) is 0 Å². The van der Waals surface area contributed by atoms with E-state index in [4.69, 9.17) is 0 Å². The Hall–Kier alpha value is -1.94. The van der Waals surface area contributed by atoms with Gasteiger partial charge in [0, 0.05) is 32.5 Å². The molecule has 23 heavy (non-hydrogen) atoms. The van der Waals surface area contributed by atoms with E-state index in [0.717, 1.165) is 49.4 Å². The number of nitrogens with one attached hydrogen (secondary N) is 1. The van der Waals surface area contributed by atoms with Crippen LogP contribution in [0.4, 0.5) is 0 Å². The Bertz CT molecular complexity index is 764. The average molecular weight is 311 g/mol. The van der Waals surface area contributed by atoms with E-state index in [9.17, 15) is 4.79 Å². The Morgan fingerprint density at radius 2 is 2.13 bits per heavy atom. The second-order valence-electron chi connectivity index (χ2n) is 6.51. The summed E-state index contributed by atoms with van der Waals surface area (Å²) in [5, 5.41) is 0. The zero-order valence-corrected chi connectivity index (χ0v) is 14.3. The largest absolute Gasteiger partial charge is 0.310 e. The van der Waals surface area contributed by atoms with Gasteiger partial charge in [-0.2, -0.15) is 0 Å². The zero-order chi connectivity index (χ0) is 16.4. The molecule has 2 heterocycles. The lowest BCUT2D eigenvalue weighted by Crippen LogP contribution is -2.36. The van der Waals surface area contributed by atoms with Crippen molar-refractivity contribution >= 4 is 0 Å². The molecule has 122 valence electrons. The van der Waals surface area contributed by atoms with Gasteiger partial charge in [0.25, 0.3) is 5.56 Å². The predicted octanol–water partition coefficient (Wildman–Crippen LogP) is 2.90. The summed E-state index contributed by atoms with van der Waals surface area (Å²) < 4.78 is 0. The highest BCUT2D eigenvalue weighted by atomic mass is 16.1. The van der Waals surface area contributed by atoms with Gasteiger partial charge in [0.05, 0.1) is 11.3 Å². The lowest BCUT2D eigenvalue weighted by Gasteiger charge is -2.28. The number of nitrogens with zero attached hydrogens (tertiary/aromatic N) is 2. The van der Waals surface area contributed by atoms with E-state index >= 15 is 0 Å². The summed E-state index contributed by atoms with van der Waals surface area (Å²) in [5.74, 6) is 0.833. The van der Waals surface area contributed by atoms with E-state index in [1.807, 2.05) is 0 Å². The summed E-state index contributed by atoms with van der Waals surface area (Å²) in [6.45, 7) is 8.97. The third-order valence-corrected chi connectivity index (χ3v) is 4.79. The summed E-state index contributed by atoms with van der Waals surface area (Å²) in [4.78, 5) is 22.3. The summed E-state index contributed by atoms with van der Waals surface area (Å²) in [6.07, 6.45) is 2.70. The molecule has 1 aliphatic heterocycles. The van der Waals surface area contributed by atoms with E-state index in [1.54, 1.807) is 0 Å². The van der Waals surface area contributed by atoms with Crippen LogP contribution < -0.4 is 5.56 Å². The Morgan fingerprint density at radius 3 is 2.91 bits per heavy atom. The smallest absolute Gasteiger partial charge is 0.255 e. The highest BCUT2D eigenvalue weighted by Crippen LogP contribution is 2.19. The molecule has 0 unspecified atom stereocenters. The van der Waals surface area contributed by atoms with E-state index in [0.29, 0.717) is 6.54 Å². The SMILES string of the molecule is CCCc1nc2c(c(=O)[nH]1)CN(Cc1cccc(C)c1C)CC2. The summed E-state index contributed by atoms with van der Waals surface area (Å²) in [7, 11) is 0. The van der Waals surface area contributed by atoms with Crippen LogP contribution in [0, 0.1) is 13.8 Å². The van der Waals surface area contributed by atoms with Crippen molar-refractivity contribution in [1.82, 2.24) is 14.9 Å². The minimum absolute atomic E-state index is 0.0455. The number of aromatic nitrogens is 2. The number of fused-ring (bicyclic) bond motifs is 1. The molecule has 0 bridgehead atoms. The molecule has 0 saturated heterocycles. The molecule has 1 N–H and O–H groups in total. The molecule has 0 fully saturated rings. The van der Waals surface area contributed by atoms with Crippen molar-refractivity contribution in [2.45, 2.75) is 53.1 Å². The normalized spacial score (nSPS) is 14.7. The molecule has 0 aliphatic carbocycles. The molecule has 0 atom stereocenters. The Kier molecular flexibility index (Phi) is 4.62. The standard InChI is InChI=1S/C19H25N3O/c1-4-6-18-20-17-9-10-22(12-16(17)19(23)21-18)11-15-8-5-7-13(2)14(15)3/h5,7-8H,4,6,9-12H2,1-3H3,(H,20,21,23). The molecule has 1 aliphatic rings. The third kappa shape index (κ3) is 3.37. The van der Waals surface area contributed by atoms with Gasteiger partial charge in [-0.25, -0.2) is 4.98 Å². The van der Waals surface area contributed by atoms with Crippen molar-refractivity contribution in [3.8, 4) is 0 Å². The molecule has 3 rings (SSSR count). The number of benzene rings is 1. The molecule has 4 nitrogen and oxygen atoms in total. The van der Waals surface area contributed by atoms with Crippen LogP contribution in [-0.4, -0.2) is 21.4 Å². The highest BCUT2D eigenvalue weighted by molar-refractivity contribution is 5.33. The number of hydrogen-bond acceptors (Lipinski definition) is 3. The topological polar surface area (TPSA) is 49.0 Å². The number of hydrogen-bond donors (Lipinski definition) is 1. The number of aromatic amines is 1.